The van der Waals surface area contributed by atoms with Gasteiger partial charge in [-0.1, -0.05) is 69.9 Å². The Hall–Kier alpha value is -2.06. The maximum atomic E-state index is 13.4. The first-order chi connectivity index (χ1) is 13.6. The molecule has 5 heteroatoms. The summed E-state index contributed by atoms with van der Waals surface area (Å²) >= 11 is 0. The quantitative estimate of drug-likeness (QED) is 0.376. The Morgan fingerprint density at radius 1 is 1.00 bits per heavy atom. The molecule has 152 valence electrons. The summed E-state index contributed by atoms with van der Waals surface area (Å²) in [5.41, 5.74) is 0.840. The molecule has 0 amide bonds. The van der Waals surface area contributed by atoms with Gasteiger partial charge in [-0.05, 0) is 18.1 Å². The number of methoxy groups -OCH3 is 2. The topological polar surface area (TPSA) is 52.6 Å². The third kappa shape index (κ3) is 5.26. The number of carbonyl (C=O) groups is 1. The van der Waals surface area contributed by atoms with E-state index < -0.39 is 7.80 Å². The number of ether oxygens (including phenoxy) is 2. The molecule has 0 N–H and O–H groups in total. The van der Waals surface area contributed by atoms with E-state index in [2.05, 4.69) is 13.8 Å². The van der Waals surface area contributed by atoms with Gasteiger partial charge in [0.2, 0.25) is 5.78 Å². The van der Waals surface area contributed by atoms with E-state index in [1.807, 2.05) is 18.2 Å². The number of benzene rings is 2. The highest BCUT2D eigenvalue weighted by atomic mass is 31.1. The van der Waals surface area contributed by atoms with Gasteiger partial charge in [0.05, 0.1) is 14.2 Å². The molecule has 0 spiro atoms. The highest BCUT2D eigenvalue weighted by Gasteiger charge is 2.24. The molecule has 0 fully saturated rings. The van der Waals surface area contributed by atoms with E-state index in [4.69, 9.17) is 9.47 Å². The average molecular weight is 402 g/mol. The van der Waals surface area contributed by atoms with Gasteiger partial charge in [0.1, 0.15) is 24.9 Å². The minimum Gasteiger partial charge on any atom is -0.496 e. The molecule has 28 heavy (non-hydrogen) atoms. The van der Waals surface area contributed by atoms with Crippen molar-refractivity contribution in [3.63, 3.8) is 0 Å². The second kappa shape index (κ2) is 11.1. The zero-order valence-electron chi connectivity index (χ0n) is 17.3. The van der Waals surface area contributed by atoms with Gasteiger partial charge in [-0.3, -0.25) is 4.79 Å². The number of hydrogen-bond donors (Lipinski definition) is 0. The first-order valence-corrected chi connectivity index (χ1v) is 11.6. The molecular weight excluding hydrogens is 371 g/mol. The van der Waals surface area contributed by atoms with Gasteiger partial charge in [0.25, 0.3) is 0 Å². The second-order valence-corrected chi connectivity index (χ2v) is 8.75. The van der Waals surface area contributed by atoms with Gasteiger partial charge in [0.15, 0.2) is 0 Å². The lowest BCUT2D eigenvalue weighted by atomic mass is 10.0. The van der Waals surface area contributed by atoms with E-state index in [-0.39, 0.29) is 5.78 Å². The summed E-state index contributed by atoms with van der Waals surface area (Å²) in [7, 11) is 0.975. The van der Waals surface area contributed by atoms with Crippen LogP contribution in [-0.4, -0.2) is 26.2 Å². The van der Waals surface area contributed by atoms with Crippen LogP contribution < -0.4 is 14.8 Å². The van der Waals surface area contributed by atoms with E-state index in [9.17, 15) is 9.36 Å². The Kier molecular flexibility index (Phi) is 8.79. The lowest BCUT2D eigenvalue weighted by molar-refractivity contribution is 0.103. The van der Waals surface area contributed by atoms with Gasteiger partial charge < -0.3 is 14.0 Å². The van der Waals surface area contributed by atoms with E-state index in [1.54, 1.807) is 24.3 Å². The molecule has 2 aromatic carbocycles. The molecule has 0 radical (unpaired) electrons. The molecule has 0 aromatic heterocycles. The minimum atomic E-state index is -2.08. The van der Waals surface area contributed by atoms with Crippen molar-refractivity contribution >= 4 is 18.9 Å². The van der Waals surface area contributed by atoms with Crippen molar-refractivity contribution < 1.29 is 18.8 Å². The molecule has 0 aliphatic rings. The van der Waals surface area contributed by atoms with Crippen LogP contribution >= 0.6 is 7.80 Å². The largest absolute Gasteiger partial charge is 0.496 e. The van der Waals surface area contributed by atoms with E-state index in [0.717, 1.165) is 25.7 Å². The number of ketones is 1. The first kappa shape index (κ1) is 22.2. The molecule has 0 bridgehead atoms. The van der Waals surface area contributed by atoms with Gasteiger partial charge in [0, 0.05) is 17.0 Å². The highest BCUT2D eigenvalue weighted by molar-refractivity contribution is 7.53. The summed E-state index contributed by atoms with van der Waals surface area (Å²) in [6.45, 7) is 4.32. The Labute approximate surface area is 169 Å². The van der Waals surface area contributed by atoms with Crippen LogP contribution in [0, 0.1) is 5.92 Å². The van der Waals surface area contributed by atoms with Crippen molar-refractivity contribution in [2.45, 2.75) is 39.5 Å². The van der Waals surface area contributed by atoms with E-state index >= 15 is 0 Å². The normalized spacial score (nSPS) is 13.0. The molecule has 0 aliphatic heterocycles. The van der Waals surface area contributed by atoms with Crippen molar-refractivity contribution in [1.29, 1.82) is 0 Å². The van der Waals surface area contributed by atoms with Crippen LogP contribution in [0.25, 0.3) is 0 Å². The third-order valence-corrected chi connectivity index (χ3v) is 7.13. The van der Waals surface area contributed by atoms with Crippen molar-refractivity contribution in [2.75, 3.05) is 20.4 Å². The van der Waals surface area contributed by atoms with Crippen LogP contribution in [0.5, 0.6) is 11.5 Å². The maximum Gasteiger partial charge on any atom is 0.201 e. The fourth-order valence-corrected chi connectivity index (χ4v) is 5.47. The third-order valence-electron chi connectivity index (χ3n) is 5.14. The molecule has 0 heterocycles. The Morgan fingerprint density at radius 2 is 1.64 bits per heavy atom. The van der Waals surface area contributed by atoms with Crippen LogP contribution in [-0.2, 0) is 4.57 Å². The standard InChI is InChI=1S/C23H31O4P/c1-5-7-11-17(6-2)16-28(25)21-15-9-8-12-18(21)23(24)22-19(26-3)13-10-14-20(22)27-4/h8-10,12-15,17,28H,5-7,11,16H2,1-4H3. The van der Waals surface area contributed by atoms with Crippen molar-refractivity contribution in [3.05, 3.63) is 53.6 Å². The summed E-state index contributed by atoms with van der Waals surface area (Å²) < 4.78 is 24.0. The van der Waals surface area contributed by atoms with Crippen molar-refractivity contribution in [3.8, 4) is 11.5 Å². The number of hydrogen-bond acceptors (Lipinski definition) is 4. The Balaban J connectivity index is 2.39. The smallest absolute Gasteiger partial charge is 0.201 e. The number of carbonyl (C=O) groups excluding carboxylic acids is 1. The van der Waals surface area contributed by atoms with Gasteiger partial charge in [-0.2, -0.15) is 0 Å². The van der Waals surface area contributed by atoms with Crippen molar-refractivity contribution in [1.82, 2.24) is 0 Å². The van der Waals surface area contributed by atoms with Gasteiger partial charge in [-0.25, -0.2) is 0 Å². The molecule has 4 nitrogen and oxygen atoms in total. The monoisotopic (exact) mass is 402 g/mol. The predicted molar refractivity (Wildman–Crippen MR) is 116 cm³/mol. The summed E-state index contributed by atoms with van der Waals surface area (Å²) in [6.07, 6.45) is 5.02. The summed E-state index contributed by atoms with van der Waals surface area (Å²) in [6, 6.07) is 12.5. The molecule has 0 aliphatic carbocycles. The second-order valence-electron chi connectivity index (χ2n) is 6.96. The van der Waals surface area contributed by atoms with Crippen LogP contribution in [0.3, 0.4) is 0 Å². The van der Waals surface area contributed by atoms with E-state index in [0.29, 0.717) is 40.0 Å². The SMILES string of the molecule is CCCCC(CC)C[PH](=O)c1ccccc1C(=O)c1c(OC)cccc1OC. The summed E-state index contributed by atoms with van der Waals surface area (Å²) in [4.78, 5) is 13.4. The van der Waals surface area contributed by atoms with Crippen LogP contribution in [0.15, 0.2) is 42.5 Å². The Morgan fingerprint density at radius 3 is 2.21 bits per heavy atom. The molecular formula is C23H31O4P. The average Bonchev–Trinajstić information content (AvgIpc) is 2.75. The lowest BCUT2D eigenvalue weighted by Gasteiger charge is -2.17. The predicted octanol–water partition coefficient (Wildman–Crippen LogP) is 5.34. The first-order valence-electron chi connectivity index (χ1n) is 9.95. The maximum absolute atomic E-state index is 13.4. The van der Waals surface area contributed by atoms with Crippen LogP contribution in [0.2, 0.25) is 0 Å². The molecule has 2 aromatic rings. The van der Waals surface area contributed by atoms with Crippen LogP contribution in [0.4, 0.5) is 0 Å². The molecule has 0 saturated carbocycles. The van der Waals surface area contributed by atoms with Crippen molar-refractivity contribution in [2.24, 2.45) is 5.92 Å². The molecule has 0 saturated heterocycles. The summed E-state index contributed by atoms with van der Waals surface area (Å²) in [5, 5.41) is 0.653. The highest BCUT2D eigenvalue weighted by Crippen LogP contribution is 2.34. The Bertz CT molecular complexity index is 794. The fraction of sp³-hybridized carbons (Fsp3) is 0.435. The lowest BCUT2D eigenvalue weighted by Crippen LogP contribution is -2.17. The summed E-state index contributed by atoms with van der Waals surface area (Å²) in [5.74, 6) is 1.11. The zero-order valence-corrected chi connectivity index (χ0v) is 18.3. The van der Waals surface area contributed by atoms with Gasteiger partial charge >= 0.3 is 0 Å². The van der Waals surface area contributed by atoms with Crippen LogP contribution in [0.1, 0.15) is 55.5 Å². The number of rotatable bonds is 11. The fourth-order valence-electron chi connectivity index (χ4n) is 3.45. The minimum absolute atomic E-state index is 0.218. The molecule has 2 rings (SSSR count). The molecule has 2 unspecified atom stereocenters. The number of unbranched alkanes of at least 4 members (excludes halogenated alkanes) is 1. The van der Waals surface area contributed by atoms with E-state index in [1.165, 1.54) is 14.2 Å². The zero-order chi connectivity index (χ0) is 20.5. The molecule has 2 atom stereocenters. The van der Waals surface area contributed by atoms with Gasteiger partial charge in [-0.15, -0.1) is 0 Å².